The van der Waals surface area contributed by atoms with E-state index < -0.39 is 6.04 Å². The summed E-state index contributed by atoms with van der Waals surface area (Å²) in [6, 6.07) is 9.08. The lowest BCUT2D eigenvalue weighted by Crippen LogP contribution is -2.41. The van der Waals surface area contributed by atoms with Gasteiger partial charge in [-0.2, -0.15) is 0 Å². The van der Waals surface area contributed by atoms with Crippen molar-refractivity contribution >= 4 is 28.3 Å². The maximum absolute atomic E-state index is 12.3. The average Bonchev–Trinajstić information content (AvgIpc) is 3.21. The SMILES string of the molecule is CCCCCCCCCCCC(=O)NC(C)C(=O)Nc1nnc(-c2ccccc2)s1. The highest BCUT2D eigenvalue weighted by Crippen LogP contribution is 2.25. The monoisotopic (exact) mass is 430 g/mol. The molecule has 0 aliphatic carbocycles. The molecule has 0 saturated heterocycles. The molecule has 0 saturated carbocycles. The van der Waals surface area contributed by atoms with Gasteiger partial charge in [-0.05, 0) is 13.3 Å². The predicted molar refractivity (Wildman–Crippen MR) is 123 cm³/mol. The normalized spacial score (nSPS) is 11.8. The van der Waals surface area contributed by atoms with Crippen LogP contribution in [0.5, 0.6) is 0 Å². The second kappa shape index (κ2) is 13.9. The highest BCUT2D eigenvalue weighted by atomic mass is 32.1. The fourth-order valence-electron chi connectivity index (χ4n) is 3.16. The summed E-state index contributed by atoms with van der Waals surface area (Å²) in [5, 5.41) is 14.8. The van der Waals surface area contributed by atoms with Crippen molar-refractivity contribution in [2.24, 2.45) is 0 Å². The van der Waals surface area contributed by atoms with Gasteiger partial charge in [0.25, 0.3) is 0 Å². The number of hydrogen-bond acceptors (Lipinski definition) is 5. The lowest BCUT2D eigenvalue weighted by molar-refractivity contribution is -0.126. The lowest BCUT2D eigenvalue weighted by atomic mass is 10.1. The number of hydrogen-bond donors (Lipinski definition) is 2. The van der Waals surface area contributed by atoms with Crippen molar-refractivity contribution in [3.63, 3.8) is 0 Å². The van der Waals surface area contributed by atoms with Crippen molar-refractivity contribution in [3.8, 4) is 10.6 Å². The highest BCUT2D eigenvalue weighted by molar-refractivity contribution is 7.18. The third-order valence-corrected chi connectivity index (χ3v) is 5.84. The molecule has 1 aromatic heterocycles. The molecular formula is C23H34N4O2S. The molecule has 1 heterocycles. The number of aromatic nitrogens is 2. The molecule has 0 radical (unpaired) electrons. The molecule has 1 unspecified atom stereocenters. The van der Waals surface area contributed by atoms with Crippen molar-refractivity contribution in [1.82, 2.24) is 15.5 Å². The lowest BCUT2D eigenvalue weighted by Gasteiger charge is -2.12. The third-order valence-electron chi connectivity index (χ3n) is 4.95. The summed E-state index contributed by atoms with van der Waals surface area (Å²) < 4.78 is 0. The number of carbonyl (C=O) groups is 2. The summed E-state index contributed by atoms with van der Waals surface area (Å²) in [4.78, 5) is 24.4. The molecule has 0 aliphatic rings. The van der Waals surface area contributed by atoms with Gasteiger partial charge < -0.3 is 5.32 Å². The Labute approximate surface area is 183 Å². The molecule has 7 heteroatoms. The molecular weight excluding hydrogens is 396 g/mol. The average molecular weight is 431 g/mol. The van der Waals surface area contributed by atoms with Crippen LogP contribution in [0.2, 0.25) is 0 Å². The minimum absolute atomic E-state index is 0.0807. The molecule has 1 atom stereocenters. The number of anilines is 1. The maximum atomic E-state index is 12.3. The second-order valence-electron chi connectivity index (χ2n) is 7.64. The molecule has 30 heavy (non-hydrogen) atoms. The van der Waals surface area contributed by atoms with Gasteiger partial charge in [0.2, 0.25) is 16.9 Å². The fourth-order valence-corrected chi connectivity index (χ4v) is 3.91. The minimum Gasteiger partial charge on any atom is -0.345 e. The summed E-state index contributed by atoms with van der Waals surface area (Å²) in [5.41, 5.74) is 0.956. The van der Waals surface area contributed by atoms with Gasteiger partial charge in [0.1, 0.15) is 11.0 Å². The van der Waals surface area contributed by atoms with Gasteiger partial charge in [-0.25, -0.2) is 0 Å². The van der Waals surface area contributed by atoms with E-state index in [1.54, 1.807) is 6.92 Å². The number of amides is 2. The number of carbonyl (C=O) groups excluding carboxylic acids is 2. The Bertz CT molecular complexity index is 764. The van der Waals surface area contributed by atoms with E-state index in [1.165, 1.54) is 56.3 Å². The first-order valence-electron chi connectivity index (χ1n) is 11.1. The van der Waals surface area contributed by atoms with Crippen molar-refractivity contribution in [2.45, 2.75) is 84.1 Å². The molecule has 1 aromatic carbocycles. The minimum atomic E-state index is -0.611. The van der Waals surface area contributed by atoms with Gasteiger partial charge in [-0.1, -0.05) is 100.0 Å². The Hall–Kier alpha value is -2.28. The molecule has 0 fully saturated rings. The molecule has 164 valence electrons. The Morgan fingerprint density at radius 3 is 2.23 bits per heavy atom. The Morgan fingerprint density at radius 2 is 1.57 bits per heavy atom. The number of benzene rings is 1. The van der Waals surface area contributed by atoms with E-state index in [1.807, 2.05) is 30.3 Å². The largest absolute Gasteiger partial charge is 0.345 e. The molecule has 0 spiro atoms. The van der Waals surface area contributed by atoms with Crippen LogP contribution in [0.25, 0.3) is 10.6 Å². The number of rotatable bonds is 14. The van der Waals surface area contributed by atoms with Gasteiger partial charge in [0, 0.05) is 12.0 Å². The smallest absolute Gasteiger partial charge is 0.248 e. The summed E-state index contributed by atoms with van der Waals surface area (Å²) in [5.74, 6) is -0.367. The molecule has 2 aromatic rings. The first-order chi connectivity index (χ1) is 14.6. The third kappa shape index (κ3) is 9.03. The topological polar surface area (TPSA) is 84.0 Å². The summed E-state index contributed by atoms with van der Waals surface area (Å²) in [6.45, 7) is 3.91. The Kier molecular flexibility index (Phi) is 11.1. The Balaban J connectivity index is 1.61. The highest BCUT2D eigenvalue weighted by Gasteiger charge is 2.17. The van der Waals surface area contributed by atoms with Gasteiger partial charge in [-0.15, -0.1) is 10.2 Å². The van der Waals surface area contributed by atoms with Crippen LogP contribution in [0.3, 0.4) is 0 Å². The summed E-state index contributed by atoms with van der Waals surface area (Å²) >= 11 is 1.31. The zero-order chi connectivity index (χ0) is 21.6. The molecule has 2 amide bonds. The van der Waals surface area contributed by atoms with Gasteiger partial charge in [-0.3, -0.25) is 14.9 Å². The predicted octanol–water partition coefficient (Wildman–Crippen LogP) is 5.57. The Morgan fingerprint density at radius 1 is 0.933 bits per heavy atom. The van der Waals surface area contributed by atoms with E-state index in [0.29, 0.717) is 11.6 Å². The van der Waals surface area contributed by atoms with Crippen molar-refractivity contribution < 1.29 is 9.59 Å². The second-order valence-corrected chi connectivity index (χ2v) is 8.61. The van der Waals surface area contributed by atoms with Gasteiger partial charge >= 0.3 is 0 Å². The van der Waals surface area contributed by atoms with Crippen molar-refractivity contribution in [3.05, 3.63) is 30.3 Å². The van der Waals surface area contributed by atoms with Gasteiger partial charge in [0.05, 0.1) is 0 Å². The zero-order valence-corrected chi connectivity index (χ0v) is 19.0. The van der Waals surface area contributed by atoms with E-state index in [9.17, 15) is 9.59 Å². The van der Waals surface area contributed by atoms with E-state index >= 15 is 0 Å². The fraction of sp³-hybridized carbons (Fsp3) is 0.565. The van der Waals surface area contributed by atoms with Crippen LogP contribution in [0.15, 0.2) is 30.3 Å². The molecule has 2 N–H and O–H groups in total. The number of nitrogens with zero attached hydrogens (tertiary/aromatic N) is 2. The van der Waals surface area contributed by atoms with Crippen LogP contribution in [0, 0.1) is 0 Å². The molecule has 0 aliphatic heterocycles. The van der Waals surface area contributed by atoms with Crippen LogP contribution in [-0.4, -0.2) is 28.1 Å². The van der Waals surface area contributed by atoms with Crippen molar-refractivity contribution in [2.75, 3.05) is 5.32 Å². The van der Waals surface area contributed by atoms with E-state index in [4.69, 9.17) is 0 Å². The standard InChI is InChI=1S/C23H34N4O2S/c1-3-4-5-6-7-8-9-10-14-17-20(28)24-18(2)21(29)25-23-27-26-22(30-23)19-15-12-11-13-16-19/h11-13,15-16,18H,3-10,14,17H2,1-2H3,(H,24,28)(H,25,27,29). The van der Waals surface area contributed by atoms with Crippen molar-refractivity contribution in [1.29, 1.82) is 0 Å². The number of nitrogens with one attached hydrogen (secondary N) is 2. The van der Waals surface area contributed by atoms with Crippen LogP contribution in [0.4, 0.5) is 5.13 Å². The summed E-state index contributed by atoms with van der Waals surface area (Å²) in [6.07, 6.45) is 11.4. The molecule has 2 rings (SSSR count). The number of unbranched alkanes of at least 4 members (excludes halogenated alkanes) is 8. The van der Waals surface area contributed by atoms with E-state index in [0.717, 1.165) is 23.4 Å². The summed E-state index contributed by atoms with van der Waals surface area (Å²) in [7, 11) is 0. The zero-order valence-electron chi connectivity index (χ0n) is 18.2. The molecule has 6 nitrogen and oxygen atoms in total. The maximum Gasteiger partial charge on any atom is 0.248 e. The molecule has 0 bridgehead atoms. The first-order valence-corrected chi connectivity index (χ1v) is 11.9. The van der Waals surface area contributed by atoms with Crippen LogP contribution in [0.1, 0.15) is 78.1 Å². The van der Waals surface area contributed by atoms with Crippen LogP contribution >= 0.6 is 11.3 Å². The van der Waals surface area contributed by atoms with Crippen LogP contribution < -0.4 is 10.6 Å². The van der Waals surface area contributed by atoms with Crippen LogP contribution in [-0.2, 0) is 9.59 Å². The van der Waals surface area contributed by atoms with E-state index in [-0.39, 0.29) is 11.8 Å². The quantitative estimate of drug-likeness (QED) is 0.384. The van der Waals surface area contributed by atoms with E-state index in [2.05, 4.69) is 27.8 Å². The van der Waals surface area contributed by atoms with Gasteiger partial charge in [0.15, 0.2) is 0 Å². The first kappa shape index (κ1) is 24.0.